The van der Waals surface area contributed by atoms with Crippen LogP contribution in [0.3, 0.4) is 0 Å². The van der Waals surface area contributed by atoms with Crippen LogP contribution < -0.4 is 10.1 Å². The minimum atomic E-state index is -3.87. The molecule has 0 saturated carbocycles. The molecule has 9 nitrogen and oxygen atoms in total. The quantitative estimate of drug-likeness (QED) is 0.659. The van der Waals surface area contributed by atoms with Crippen LogP contribution in [0.15, 0.2) is 23.1 Å². The van der Waals surface area contributed by atoms with Gasteiger partial charge in [0.05, 0.1) is 25.9 Å². The number of esters is 1. The van der Waals surface area contributed by atoms with Crippen LogP contribution in [0.25, 0.3) is 0 Å². The molecular weight excluding hydrogens is 376 g/mol. The maximum Gasteiger partial charge on any atom is 0.338 e. The summed E-state index contributed by atoms with van der Waals surface area (Å²) >= 11 is 0. The summed E-state index contributed by atoms with van der Waals surface area (Å²) in [7, 11) is -2.52. The molecule has 1 fully saturated rings. The molecule has 0 spiro atoms. The third kappa shape index (κ3) is 4.96. The number of nitrogens with one attached hydrogen (secondary N) is 1. The zero-order valence-electron chi connectivity index (χ0n) is 15.6. The Morgan fingerprint density at radius 3 is 2.56 bits per heavy atom. The molecule has 2 rings (SSSR count). The average Bonchev–Trinajstić information content (AvgIpc) is 2.68. The Morgan fingerprint density at radius 2 is 1.96 bits per heavy atom. The second kappa shape index (κ2) is 9.16. The number of rotatable bonds is 7. The Kier molecular flexibility index (Phi) is 7.17. The van der Waals surface area contributed by atoms with Gasteiger partial charge < -0.3 is 19.5 Å². The van der Waals surface area contributed by atoms with Crippen LogP contribution in [0.2, 0.25) is 0 Å². The number of likely N-dealkylation sites (N-methyl/N-ethyl adjacent to an activating group) is 1. The fourth-order valence-corrected chi connectivity index (χ4v) is 4.12. The molecule has 1 atom stereocenters. The molecule has 0 unspecified atom stereocenters. The van der Waals surface area contributed by atoms with Gasteiger partial charge in [-0.1, -0.05) is 0 Å². The van der Waals surface area contributed by atoms with Gasteiger partial charge in [0, 0.05) is 19.6 Å². The second-order valence-electron chi connectivity index (χ2n) is 5.82. The van der Waals surface area contributed by atoms with E-state index in [2.05, 4.69) is 5.32 Å². The zero-order chi connectivity index (χ0) is 20.0. The highest BCUT2D eigenvalue weighted by Crippen LogP contribution is 2.28. The molecule has 1 aliphatic heterocycles. The molecule has 1 heterocycles. The number of amides is 1. The summed E-state index contributed by atoms with van der Waals surface area (Å²) in [6.07, 6.45) is -1.00. The van der Waals surface area contributed by atoms with Gasteiger partial charge in [0.2, 0.25) is 10.0 Å². The summed E-state index contributed by atoms with van der Waals surface area (Å²) in [5.74, 6) is -1.11. The molecule has 1 N–H and O–H groups in total. The molecule has 0 aliphatic carbocycles. The summed E-state index contributed by atoms with van der Waals surface area (Å²) in [4.78, 5) is 23.9. The number of benzene rings is 1. The lowest BCUT2D eigenvalue weighted by molar-refractivity contribution is -0.128. The monoisotopic (exact) mass is 400 g/mol. The van der Waals surface area contributed by atoms with Crippen molar-refractivity contribution in [3.63, 3.8) is 0 Å². The van der Waals surface area contributed by atoms with Crippen LogP contribution in [-0.4, -0.2) is 70.7 Å². The smallest absolute Gasteiger partial charge is 0.338 e. The molecule has 0 aromatic heterocycles. The van der Waals surface area contributed by atoms with Crippen molar-refractivity contribution < 1.29 is 32.2 Å². The molecule has 1 amide bonds. The Hall–Kier alpha value is -2.17. The van der Waals surface area contributed by atoms with Crippen LogP contribution in [-0.2, 0) is 24.3 Å². The van der Waals surface area contributed by atoms with E-state index in [4.69, 9.17) is 14.2 Å². The fraction of sp³-hybridized carbons (Fsp3) is 0.529. The van der Waals surface area contributed by atoms with Crippen molar-refractivity contribution in [1.29, 1.82) is 0 Å². The van der Waals surface area contributed by atoms with Crippen LogP contribution >= 0.6 is 0 Å². The van der Waals surface area contributed by atoms with E-state index in [0.717, 1.165) is 0 Å². The van der Waals surface area contributed by atoms with E-state index in [-0.39, 0.29) is 29.3 Å². The maximum atomic E-state index is 12.9. The van der Waals surface area contributed by atoms with Gasteiger partial charge in [0.15, 0.2) is 6.10 Å². The number of sulfonamides is 1. The van der Waals surface area contributed by atoms with E-state index in [9.17, 15) is 18.0 Å². The van der Waals surface area contributed by atoms with Gasteiger partial charge >= 0.3 is 5.97 Å². The van der Waals surface area contributed by atoms with Gasteiger partial charge in [-0.25, -0.2) is 13.2 Å². The molecule has 0 radical (unpaired) electrons. The number of ether oxygens (including phenoxy) is 3. The minimum absolute atomic E-state index is 0.0128. The van der Waals surface area contributed by atoms with E-state index >= 15 is 0 Å². The summed E-state index contributed by atoms with van der Waals surface area (Å²) in [5, 5.41) is 2.55. The number of nitrogens with zero attached hydrogens (tertiary/aromatic N) is 1. The lowest BCUT2D eigenvalue weighted by Gasteiger charge is -2.26. The Morgan fingerprint density at radius 1 is 1.30 bits per heavy atom. The van der Waals surface area contributed by atoms with Gasteiger partial charge in [0.1, 0.15) is 10.6 Å². The van der Waals surface area contributed by atoms with E-state index < -0.39 is 28.0 Å². The highest BCUT2D eigenvalue weighted by Gasteiger charge is 2.30. The van der Waals surface area contributed by atoms with Gasteiger partial charge in [-0.05, 0) is 32.0 Å². The predicted molar refractivity (Wildman–Crippen MR) is 96.1 cm³/mol. The second-order valence-corrected chi connectivity index (χ2v) is 7.73. The Labute approximate surface area is 158 Å². The predicted octanol–water partition coefficient (Wildman–Crippen LogP) is 0.398. The van der Waals surface area contributed by atoms with Gasteiger partial charge in [-0.15, -0.1) is 0 Å². The largest absolute Gasteiger partial charge is 0.495 e. The van der Waals surface area contributed by atoms with Crippen LogP contribution in [0.1, 0.15) is 24.2 Å². The first-order chi connectivity index (χ1) is 12.8. The minimum Gasteiger partial charge on any atom is -0.495 e. The van der Waals surface area contributed by atoms with Crippen molar-refractivity contribution in [2.75, 3.05) is 40.0 Å². The number of morpholine rings is 1. The first-order valence-corrected chi connectivity index (χ1v) is 10.00. The topological polar surface area (TPSA) is 111 Å². The molecule has 1 aromatic carbocycles. The molecule has 1 aromatic rings. The first-order valence-electron chi connectivity index (χ1n) is 8.56. The summed E-state index contributed by atoms with van der Waals surface area (Å²) in [5.41, 5.74) is 0.0128. The van der Waals surface area contributed by atoms with E-state index in [1.807, 2.05) is 0 Å². The summed E-state index contributed by atoms with van der Waals surface area (Å²) in [6.45, 7) is 4.63. The Bertz CT molecular complexity index is 788. The Balaban J connectivity index is 2.29. The number of methoxy groups -OCH3 is 1. The first kappa shape index (κ1) is 21.1. The van der Waals surface area contributed by atoms with Crippen molar-refractivity contribution in [3.8, 4) is 5.75 Å². The molecule has 1 saturated heterocycles. The molecule has 150 valence electrons. The molecular formula is C17H24N2O7S. The van der Waals surface area contributed by atoms with Crippen LogP contribution in [0.4, 0.5) is 0 Å². The maximum absolute atomic E-state index is 12.9. The fourth-order valence-electron chi connectivity index (χ4n) is 2.53. The van der Waals surface area contributed by atoms with Gasteiger partial charge in [-0.3, -0.25) is 4.79 Å². The molecule has 0 bridgehead atoms. The number of hydrogen-bond donors (Lipinski definition) is 1. The standard InChI is InChI=1S/C17H24N2O7S/c1-4-18-16(20)12(2)26-17(21)13-5-6-14(24-3)15(11-13)27(22,23)19-7-9-25-10-8-19/h5-6,11-12H,4,7-10H2,1-3H3,(H,18,20)/t12-/m0/s1. The highest BCUT2D eigenvalue weighted by molar-refractivity contribution is 7.89. The van der Waals surface area contributed by atoms with Crippen molar-refractivity contribution in [1.82, 2.24) is 9.62 Å². The van der Waals surface area contributed by atoms with Crippen molar-refractivity contribution in [2.45, 2.75) is 24.8 Å². The third-order valence-corrected chi connectivity index (χ3v) is 5.91. The zero-order valence-corrected chi connectivity index (χ0v) is 16.4. The van der Waals surface area contributed by atoms with E-state index in [1.54, 1.807) is 6.92 Å². The lowest BCUT2D eigenvalue weighted by Crippen LogP contribution is -2.40. The van der Waals surface area contributed by atoms with Crippen molar-refractivity contribution in [2.24, 2.45) is 0 Å². The SMILES string of the molecule is CCNC(=O)[C@H](C)OC(=O)c1ccc(OC)c(S(=O)(=O)N2CCOCC2)c1. The van der Waals surface area contributed by atoms with E-state index in [1.165, 1.54) is 36.5 Å². The van der Waals surface area contributed by atoms with Gasteiger partial charge in [-0.2, -0.15) is 4.31 Å². The van der Waals surface area contributed by atoms with Gasteiger partial charge in [0.25, 0.3) is 5.91 Å². The van der Waals surface area contributed by atoms with Crippen LogP contribution in [0.5, 0.6) is 5.75 Å². The molecule has 1 aliphatic rings. The number of carbonyl (C=O) groups excluding carboxylic acids is 2. The number of hydrogen-bond acceptors (Lipinski definition) is 7. The summed E-state index contributed by atoms with van der Waals surface area (Å²) < 4.78 is 42.6. The van der Waals surface area contributed by atoms with Crippen LogP contribution in [0, 0.1) is 0 Å². The molecule has 27 heavy (non-hydrogen) atoms. The number of carbonyl (C=O) groups is 2. The van der Waals surface area contributed by atoms with Crippen molar-refractivity contribution in [3.05, 3.63) is 23.8 Å². The third-order valence-electron chi connectivity index (χ3n) is 3.99. The lowest BCUT2D eigenvalue weighted by atomic mass is 10.2. The van der Waals surface area contributed by atoms with Crippen molar-refractivity contribution >= 4 is 21.9 Å². The normalized spacial score (nSPS) is 16.4. The average molecular weight is 400 g/mol. The van der Waals surface area contributed by atoms with E-state index in [0.29, 0.717) is 19.8 Å². The summed E-state index contributed by atoms with van der Waals surface area (Å²) in [6, 6.07) is 3.99. The highest BCUT2D eigenvalue weighted by atomic mass is 32.2. The molecule has 10 heteroatoms.